The van der Waals surface area contributed by atoms with Gasteiger partial charge in [-0.3, -0.25) is 4.79 Å². The second kappa shape index (κ2) is 10.3. The molecule has 0 spiro atoms. The minimum Gasteiger partial charge on any atom is -0.489 e. The molecule has 144 valence electrons. The van der Waals surface area contributed by atoms with E-state index in [9.17, 15) is 9.90 Å². The maximum Gasteiger partial charge on any atom is 0.224 e. The third-order valence-corrected chi connectivity index (χ3v) is 4.45. The van der Waals surface area contributed by atoms with Crippen LogP contribution in [0.4, 0.5) is 0 Å². The Labute approximate surface area is 165 Å². The molecule has 2 N–H and O–H groups in total. The van der Waals surface area contributed by atoms with E-state index in [-0.39, 0.29) is 18.6 Å². The fourth-order valence-corrected chi connectivity index (χ4v) is 2.97. The lowest BCUT2D eigenvalue weighted by molar-refractivity contribution is -0.121. The molecule has 0 fully saturated rings. The first-order chi connectivity index (χ1) is 13.7. The summed E-state index contributed by atoms with van der Waals surface area (Å²) in [7, 11) is 0. The second-order valence-corrected chi connectivity index (χ2v) is 6.73. The molecule has 0 saturated carbocycles. The average molecular weight is 375 g/mol. The largest absolute Gasteiger partial charge is 0.489 e. The van der Waals surface area contributed by atoms with E-state index in [0.29, 0.717) is 19.4 Å². The van der Waals surface area contributed by atoms with Gasteiger partial charge in [-0.05, 0) is 35.2 Å². The summed E-state index contributed by atoms with van der Waals surface area (Å²) in [4.78, 5) is 12.2. The zero-order valence-corrected chi connectivity index (χ0v) is 15.8. The van der Waals surface area contributed by atoms with E-state index in [1.54, 1.807) is 0 Å². The van der Waals surface area contributed by atoms with Crippen molar-refractivity contribution < 1.29 is 14.6 Å². The number of nitrogens with one attached hydrogen (secondary N) is 1. The lowest BCUT2D eigenvalue weighted by Crippen LogP contribution is -2.39. The molecule has 4 heteroatoms. The van der Waals surface area contributed by atoms with Crippen LogP contribution in [0.1, 0.15) is 16.7 Å². The van der Waals surface area contributed by atoms with Gasteiger partial charge in [0.05, 0.1) is 19.1 Å². The molecule has 0 radical (unpaired) electrons. The summed E-state index contributed by atoms with van der Waals surface area (Å²) in [6.07, 6.45) is 0.875. The normalized spacial score (nSPS) is 11.6. The van der Waals surface area contributed by atoms with Crippen molar-refractivity contribution in [1.82, 2.24) is 5.32 Å². The number of aliphatic hydroxyl groups is 1. The molecule has 0 unspecified atom stereocenters. The van der Waals surface area contributed by atoms with Gasteiger partial charge in [0.15, 0.2) is 0 Å². The van der Waals surface area contributed by atoms with Gasteiger partial charge in [0, 0.05) is 0 Å². The summed E-state index contributed by atoms with van der Waals surface area (Å²) in [5, 5.41) is 12.5. The average Bonchev–Trinajstić information content (AvgIpc) is 2.74. The lowest BCUT2D eigenvalue weighted by atomic mass is 10.1. The third kappa shape index (κ3) is 6.25. The molecule has 0 heterocycles. The number of hydrogen-bond donors (Lipinski definition) is 2. The quantitative estimate of drug-likeness (QED) is 0.602. The van der Waals surface area contributed by atoms with Crippen molar-refractivity contribution >= 4 is 5.91 Å². The lowest BCUT2D eigenvalue weighted by Gasteiger charge is -2.17. The first kappa shape index (κ1) is 19.6. The number of ether oxygens (including phenoxy) is 1. The Morgan fingerprint density at radius 2 is 1.43 bits per heavy atom. The molecule has 1 amide bonds. The van der Waals surface area contributed by atoms with Gasteiger partial charge in [-0.1, -0.05) is 72.8 Å². The van der Waals surface area contributed by atoms with Crippen LogP contribution >= 0.6 is 0 Å². The Morgan fingerprint density at radius 1 is 0.821 bits per heavy atom. The number of benzene rings is 3. The molecule has 0 aromatic heterocycles. The Balaban J connectivity index is 1.49. The topological polar surface area (TPSA) is 58.6 Å². The third-order valence-electron chi connectivity index (χ3n) is 4.45. The Hall–Kier alpha value is -3.11. The molecule has 0 aliphatic rings. The Kier molecular flexibility index (Phi) is 7.21. The van der Waals surface area contributed by atoms with Crippen molar-refractivity contribution in [3.63, 3.8) is 0 Å². The fourth-order valence-electron chi connectivity index (χ4n) is 2.97. The van der Waals surface area contributed by atoms with Crippen LogP contribution < -0.4 is 10.1 Å². The minimum absolute atomic E-state index is 0.0898. The van der Waals surface area contributed by atoms with Crippen LogP contribution in [0.5, 0.6) is 5.75 Å². The van der Waals surface area contributed by atoms with Crippen molar-refractivity contribution in [2.45, 2.75) is 25.5 Å². The van der Waals surface area contributed by atoms with E-state index in [0.717, 1.165) is 22.4 Å². The van der Waals surface area contributed by atoms with Crippen LogP contribution in [-0.2, 0) is 24.2 Å². The molecule has 28 heavy (non-hydrogen) atoms. The molecule has 3 aromatic rings. The zero-order valence-electron chi connectivity index (χ0n) is 15.8. The summed E-state index contributed by atoms with van der Waals surface area (Å²) >= 11 is 0. The van der Waals surface area contributed by atoms with Crippen LogP contribution in [0, 0.1) is 0 Å². The summed E-state index contributed by atoms with van der Waals surface area (Å²) < 4.78 is 5.79. The molecular weight excluding hydrogens is 350 g/mol. The number of rotatable bonds is 9. The number of hydrogen-bond acceptors (Lipinski definition) is 3. The molecule has 0 aliphatic heterocycles. The molecule has 1 atom stereocenters. The molecule has 0 saturated heterocycles. The zero-order chi connectivity index (χ0) is 19.6. The van der Waals surface area contributed by atoms with Crippen molar-refractivity contribution in [2.24, 2.45) is 0 Å². The van der Waals surface area contributed by atoms with E-state index >= 15 is 0 Å². The fraction of sp³-hybridized carbons (Fsp3) is 0.208. The van der Waals surface area contributed by atoms with Gasteiger partial charge in [-0.15, -0.1) is 0 Å². The van der Waals surface area contributed by atoms with Crippen molar-refractivity contribution in [1.29, 1.82) is 0 Å². The number of carbonyl (C=O) groups is 1. The Bertz CT molecular complexity index is 848. The number of amides is 1. The maximum absolute atomic E-state index is 12.2. The van der Waals surface area contributed by atoms with Crippen LogP contribution in [0.15, 0.2) is 84.9 Å². The van der Waals surface area contributed by atoms with Gasteiger partial charge in [-0.2, -0.15) is 0 Å². The second-order valence-electron chi connectivity index (χ2n) is 6.73. The predicted octanol–water partition coefficient (Wildman–Crippen LogP) is 3.53. The summed E-state index contributed by atoms with van der Waals surface area (Å²) in [5.41, 5.74) is 3.11. The van der Waals surface area contributed by atoms with Gasteiger partial charge in [0.2, 0.25) is 5.91 Å². The molecule has 0 bridgehead atoms. The first-order valence-electron chi connectivity index (χ1n) is 9.43. The van der Waals surface area contributed by atoms with E-state index in [1.165, 1.54) is 0 Å². The highest BCUT2D eigenvalue weighted by Crippen LogP contribution is 2.15. The van der Waals surface area contributed by atoms with Crippen LogP contribution in [0.25, 0.3) is 0 Å². The molecule has 0 aliphatic carbocycles. The van der Waals surface area contributed by atoms with Crippen molar-refractivity contribution in [3.8, 4) is 5.75 Å². The van der Waals surface area contributed by atoms with Crippen LogP contribution in [0.3, 0.4) is 0 Å². The highest BCUT2D eigenvalue weighted by Gasteiger charge is 2.12. The molecule has 3 aromatic carbocycles. The van der Waals surface area contributed by atoms with E-state index in [1.807, 2.05) is 84.9 Å². The predicted molar refractivity (Wildman–Crippen MR) is 110 cm³/mol. The minimum atomic E-state index is -0.313. The van der Waals surface area contributed by atoms with Gasteiger partial charge in [0.1, 0.15) is 12.4 Å². The van der Waals surface area contributed by atoms with Crippen LogP contribution in [-0.4, -0.2) is 23.7 Å². The van der Waals surface area contributed by atoms with Crippen molar-refractivity contribution in [3.05, 3.63) is 102 Å². The van der Waals surface area contributed by atoms with Gasteiger partial charge in [-0.25, -0.2) is 0 Å². The van der Waals surface area contributed by atoms with Gasteiger partial charge >= 0.3 is 0 Å². The maximum atomic E-state index is 12.2. The smallest absolute Gasteiger partial charge is 0.224 e. The molecular formula is C24H25NO3. The standard InChI is InChI=1S/C24H25NO3/c26-17-22(25-24(27)16-19-7-3-1-4-8-19)15-20-11-13-23(14-12-20)28-18-21-9-5-2-6-10-21/h1-14,22,26H,15-18H2,(H,25,27)/t22-/m1/s1. The van der Waals surface area contributed by atoms with E-state index < -0.39 is 0 Å². The van der Waals surface area contributed by atoms with Gasteiger partial charge in [0.25, 0.3) is 0 Å². The first-order valence-corrected chi connectivity index (χ1v) is 9.43. The number of carbonyl (C=O) groups excluding carboxylic acids is 1. The summed E-state index contributed by atoms with van der Waals surface area (Å²) in [6, 6.07) is 27.0. The monoisotopic (exact) mass is 375 g/mol. The van der Waals surface area contributed by atoms with Gasteiger partial charge < -0.3 is 15.2 Å². The van der Waals surface area contributed by atoms with E-state index in [2.05, 4.69) is 5.32 Å². The van der Waals surface area contributed by atoms with Crippen LogP contribution in [0.2, 0.25) is 0 Å². The summed E-state index contributed by atoms with van der Waals surface area (Å²) in [6.45, 7) is 0.418. The SMILES string of the molecule is O=C(Cc1ccccc1)N[C@@H](CO)Cc1ccc(OCc2ccccc2)cc1. The summed E-state index contributed by atoms with van der Waals surface area (Å²) in [5.74, 6) is 0.703. The highest BCUT2D eigenvalue weighted by molar-refractivity contribution is 5.78. The molecule has 3 rings (SSSR count). The number of aliphatic hydroxyl groups excluding tert-OH is 1. The van der Waals surface area contributed by atoms with Crippen molar-refractivity contribution in [2.75, 3.05) is 6.61 Å². The highest BCUT2D eigenvalue weighted by atomic mass is 16.5. The Morgan fingerprint density at radius 3 is 2.04 bits per heavy atom. The van der Waals surface area contributed by atoms with E-state index in [4.69, 9.17) is 4.74 Å². The molecule has 4 nitrogen and oxygen atoms in total.